The van der Waals surface area contributed by atoms with Gasteiger partial charge in [-0.05, 0) is 23.6 Å². The Bertz CT molecular complexity index is 437. The molecule has 0 unspecified atom stereocenters. The molecule has 18 heavy (non-hydrogen) atoms. The van der Waals surface area contributed by atoms with Gasteiger partial charge < -0.3 is 10.6 Å². The van der Waals surface area contributed by atoms with E-state index in [9.17, 15) is 4.79 Å². The summed E-state index contributed by atoms with van der Waals surface area (Å²) in [5.74, 6) is 0.436. The summed E-state index contributed by atoms with van der Waals surface area (Å²) in [6.45, 7) is 5.61. The number of rotatable bonds is 6. The minimum absolute atomic E-state index is 0.0155. The SMILES string of the molecule is CC(C)CNC(=O)CNCc1ccnc(C#N)c1. The Balaban J connectivity index is 2.29. The van der Waals surface area contributed by atoms with E-state index in [2.05, 4.69) is 15.6 Å². The van der Waals surface area contributed by atoms with Crippen LogP contribution in [-0.4, -0.2) is 24.0 Å². The van der Waals surface area contributed by atoms with Crippen molar-refractivity contribution in [3.8, 4) is 6.07 Å². The predicted molar refractivity (Wildman–Crippen MR) is 68.5 cm³/mol. The average Bonchev–Trinajstić information content (AvgIpc) is 2.36. The molecule has 0 aromatic carbocycles. The fraction of sp³-hybridized carbons (Fsp3) is 0.462. The van der Waals surface area contributed by atoms with E-state index in [0.29, 0.717) is 24.7 Å². The van der Waals surface area contributed by atoms with E-state index in [1.54, 1.807) is 12.3 Å². The molecule has 0 saturated carbocycles. The standard InChI is InChI=1S/C13H18N4O/c1-10(2)7-17-13(18)9-15-8-11-3-4-16-12(5-11)6-14/h3-5,10,15H,7-9H2,1-2H3,(H,17,18). The average molecular weight is 246 g/mol. The molecule has 5 nitrogen and oxygen atoms in total. The van der Waals surface area contributed by atoms with Crippen LogP contribution in [0.2, 0.25) is 0 Å². The molecule has 1 rings (SSSR count). The van der Waals surface area contributed by atoms with Crippen molar-refractivity contribution in [3.63, 3.8) is 0 Å². The molecular formula is C13H18N4O. The van der Waals surface area contributed by atoms with E-state index in [4.69, 9.17) is 5.26 Å². The largest absolute Gasteiger partial charge is 0.355 e. The third-order valence-corrected chi connectivity index (χ3v) is 2.26. The first-order valence-corrected chi connectivity index (χ1v) is 5.94. The van der Waals surface area contributed by atoms with Gasteiger partial charge in [-0.25, -0.2) is 4.98 Å². The van der Waals surface area contributed by atoms with Crippen LogP contribution in [0, 0.1) is 17.2 Å². The van der Waals surface area contributed by atoms with E-state index in [0.717, 1.165) is 5.56 Å². The van der Waals surface area contributed by atoms with Crippen molar-refractivity contribution in [2.75, 3.05) is 13.1 Å². The molecule has 1 aromatic rings. The van der Waals surface area contributed by atoms with E-state index in [-0.39, 0.29) is 12.5 Å². The molecule has 0 aliphatic heterocycles. The summed E-state index contributed by atoms with van der Waals surface area (Å²) in [6.07, 6.45) is 1.59. The minimum Gasteiger partial charge on any atom is -0.355 e. The lowest BCUT2D eigenvalue weighted by molar-refractivity contribution is -0.120. The Labute approximate surface area is 107 Å². The van der Waals surface area contributed by atoms with Crippen molar-refractivity contribution < 1.29 is 4.79 Å². The molecule has 0 fully saturated rings. The van der Waals surface area contributed by atoms with Crippen LogP contribution in [-0.2, 0) is 11.3 Å². The van der Waals surface area contributed by atoms with Crippen LogP contribution < -0.4 is 10.6 Å². The summed E-state index contributed by atoms with van der Waals surface area (Å²) in [5, 5.41) is 14.6. The highest BCUT2D eigenvalue weighted by Gasteiger charge is 2.02. The van der Waals surface area contributed by atoms with Gasteiger partial charge in [0.2, 0.25) is 5.91 Å². The van der Waals surface area contributed by atoms with E-state index in [1.165, 1.54) is 0 Å². The summed E-state index contributed by atoms with van der Waals surface area (Å²) in [5.41, 5.74) is 1.33. The number of amides is 1. The molecule has 0 aliphatic carbocycles. The molecule has 0 radical (unpaired) electrons. The second-order valence-electron chi connectivity index (χ2n) is 4.46. The number of nitrogens with one attached hydrogen (secondary N) is 2. The lowest BCUT2D eigenvalue weighted by Crippen LogP contribution is -2.35. The number of carbonyl (C=O) groups excluding carboxylic acids is 1. The van der Waals surface area contributed by atoms with Crippen molar-refractivity contribution in [3.05, 3.63) is 29.6 Å². The van der Waals surface area contributed by atoms with Gasteiger partial charge in [-0.1, -0.05) is 13.8 Å². The number of pyridine rings is 1. The van der Waals surface area contributed by atoms with Crippen molar-refractivity contribution in [2.45, 2.75) is 20.4 Å². The van der Waals surface area contributed by atoms with Crippen molar-refractivity contribution in [1.29, 1.82) is 5.26 Å². The maximum Gasteiger partial charge on any atom is 0.233 e. The molecule has 0 atom stereocenters. The third kappa shape index (κ3) is 5.41. The minimum atomic E-state index is -0.0155. The van der Waals surface area contributed by atoms with Gasteiger partial charge in [-0.2, -0.15) is 5.26 Å². The molecule has 1 heterocycles. The molecule has 96 valence electrons. The second-order valence-corrected chi connectivity index (χ2v) is 4.46. The van der Waals surface area contributed by atoms with Gasteiger partial charge in [0.1, 0.15) is 11.8 Å². The number of aromatic nitrogens is 1. The van der Waals surface area contributed by atoms with Crippen LogP contribution in [0.15, 0.2) is 18.3 Å². The number of hydrogen-bond donors (Lipinski definition) is 2. The summed E-state index contributed by atoms with van der Waals surface area (Å²) in [6, 6.07) is 5.51. The Morgan fingerprint density at radius 1 is 1.56 bits per heavy atom. The highest BCUT2D eigenvalue weighted by molar-refractivity contribution is 5.77. The van der Waals surface area contributed by atoms with Crippen LogP contribution in [0.1, 0.15) is 25.1 Å². The summed E-state index contributed by atoms with van der Waals surface area (Å²) >= 11 is 0. The number of nitrogens with zero attached hydrogens (tertiary/aromatic N) is 2. The fourth-order valence-corrected chi connectivity index (χ4v) is 1.35. The Hall–Kier alpha value is -1.93. The maximum absolute atomic E-state index is 11.4. The molecular weight excluding hydrogens is 228 g/mol. The zero-order chi connectivity index (χ0) is 13.4. The van der Waals surface area contributed by atoms with Gasteiger partial charge in [-0.15, -0.1) is 0 Å². The van der Waals surface area contributed by atoms with Gasteiger partial charge in [0, 0.05) is 19.3 Å². The van der Waals surface area contributed by atoms with Crippen molar-refractivity contribution in [2.24, 2.45) is 5.92 Å². The first kappa shape index (κ1) is 14.1. The zero-order valence-electron chi connectivity index (χ0n) is 10.7. The molecule has 0 spiro atoms. The maximum atomic E-state index is 11.4. The number of nitriles is 1. The highest BCUT2D eigenvalue weighted by Crippen LogP contribution is 1.99. The van der Waals surface area contributed by atoms with Crippen molar-refractivity contribution >= 4 is 5.91 Å². The van der Waals surface area contributed by atoms with E-state index < -0.39 is 0 Å². The topological polar surface area (TPSA) is 77.8 Å². The predicted octanol–water partition coefficient (Wildman–Crippen LogP) is 0.815. The van der Waals surface area contributed by atoms with Gasteiger partial charge >= 0.3 is 0 Å². The number of carbonyl (C=O) groups is 1. The van der Waals surface area contributed by atoms with Crippen LogP contribution in [0.5, 0.6) is 0 Å². The first-order valence-electron chi connectivity index (χ1n) is 5.94. The second kappa shape index (κ2) is 7.41. The molecule has 0 aliphatic rings. The molecule has 1 amide bonds. The Morgan fingerprint density at radius 3 is 3.00 bits per heavy atom. The van der Waals surface area contributed by atoms with Gasteiger partial charge in [0.05, 0.1) is 6.54 Å². The smallest absolute Gasteiger partial charge is 0.233 e. The molecule has 2 N–H and O–H groups in total. The van der Waals surface area contributed by atoms with E-state index >= 15 is 0 Å². The normalized spacial score (nSPS) is 10.1. The third-order valence-electron chi connectivity index (χ3n) is 2.26. The molecule has 5 heteroatoms. The van der Waals surface area contributed by atoms with Gasteiger partial charge in [-0.3, -0.25) is 4.79 Å². The van der Waals surface area contributed by atoms with Crippen LogP contribution in [0.3, 0.4) is 0 Å². The number of hydrogen-bond acceptors (Lipinski definition) is 4. The van der Waals surface area contributed by atoms with E-state index in [1.807, 2.05) is 26.0 Å². The highest BCUT2D eigenvalue weighted by atomic mass is 16.1. The van der Waals surface area contributed by atoms with Crippen LogP contribution >= 0.6 is 0 Å². The summed E-state index contributed by atoms with van der Waals surface area (Å²) in [7, 11) is 0. The summed E-state index contributed by atoms with van der Waals surface area (Å²) in [4.78, 5) is 15.3. The summed E-state index contributed by atoms with van der Waals surface area (Å²) < 4.78 is 0. The first-order chi connectivity index (χ1) is 8.61. The Morgan fingerprint density at radius 2 is 2.33 bits per heavy atom. The Kier molecular flexibility index (Phi) is 5.81. The lowest BCUT2D eigenvalue weighted by atomic mass is 10.2. The molecule has 1 aromatic heterocycles. The lowest BCUT2D eigenvalue weighted by Gasteiger charge is -2.08. The fourth-order valence-electron chi connectivity index (χ4n) is 1.35. The molecule has 0 bridgehead atoms. The zero-order valence-corrected chi connectivity index (χ0v) is 10.7. The van der Waals surface area contributed by atoms with Gasteiger partial charge in [0.25, 0.3) is 0 Å². The van der Waals surface area contributed by atoms with Gasteiger partial charge in [0.15, 0.2) is 0 Å². The van der Waals surface area contributed by atoms with Crippen molar-refractivity contribution in [1.82, 2.24) is 15.6 Å². The monoisotopic (exact) mass is 246 g/mol. The quantitative estimate of drug-likeness (QED) is 0.779. The van der Waals surface area contributed by atoms with Crippen LogP contribution in [0.25, 0.3) is 0 Å². The van der Waals surface area contributed by atoms with Crippen LogP contribution in [0.4, 0.5) is 0 Å². The molecule has 0 saturated heterocycles.